The standard InChI is InChI=1S/C20H23N7O/c1-12-15-11-22-5-4-14(15)19(23-17-10-16(25-26-17)13-2-3-13)24-18(12)20(28)27-8-6-21-7-9-27/h4-5,10-11,13,21H,2-3,6-9H2,1H3,(H2,23,24,25,26). The van der Waals surface area contributed by atoms with Gasteiger partial charge in [-0.15, -0.1) is 0 Å². The van der Waals surface area contributed by atoms with E-state index in [9.17, 15) is 4.79 Å². The molecule has 2 fully saturated rings. The first-order valence-corrected chi connectivity index (χ1v) is 9.77. The Morgan fingerprint density at radius 2 is 2.07 bits per heavy atom. The highest BCUT2D eigenvalue weighted by molar-refractivity contribution is 6.03. The predicted molar refractivity (Wildman–Crippen MR) is 107 cm³/mol. The molecule has 1 amide bonds. The number of aromatic amines is 1. The van der Waals surface area contributed by atoms with Crippen LogP contribution in [0.15, 0.2) is 24.5 Å². The second-order valence-corrected chi connectivity index (χ2v) is 7.51. The number of pyridine rings is 2. The highest BCUT2D eigenvalue weighted by atomic mass is 16.2. The molecule has 1 saturated carbocycles. The first-order chi connectivity index (χ1) is 13.7. The minimum Gasteiger partial charge on any atom is -0.335 e. The van der Waals surface area contributed by atoms with E-state index in [1.807, 2.05) is 24.0 Å². The van der Waals surface area contributed by atoms with Crippen molar-refractivity contribution in [2.24, 2.45) is 0 Å². The Kier molecular flexibility index (Phi) is 4.20. The van der Waals surface area contributed by atoms with Crippen molar-refractivity contribution < 1.29 is 4.79 Å². The number of aromatic nitrogens is 4. The van der Waals surface area contributed by atoms with Gasteiger partial charge in [0.25, 0.3) is 5.91 Å². The van der Waals surface area contributed by atoms with E-state index in [2.05, 4.69) is 25.8 Å². The number of hydrogen-bond acceptors (Lipinski definition) is 6. The monoisotopic (exact) mass is 377 g/mol. The van der Waals surface area contributed by atoms with Gasteiger partial charge in [-0.25, -0.2) is 4.98 Å². The van der Waals surface area contributed by atoms with Crippen LogP contribution in [0.25, 0.3) is 10.8 Å². The molecule has 0 bridgehead atoms. The van der Waals surface area contributed by atoms with Gasteiger partial charge < -0.3 is 15.5 Å². The van der Waals surface area contributed by atoms with E-state index in [0.29, 0.717) is 30.5 Å². The number of H-pyrrole nitrogens is 1. The molecule has 8 heteroatoms. The number of anilines is 2. The summed E-state index contributed by atoms with van der Waals surface area (Å²) < 4.78 is 0. The van der Waals surface area contributed by atoms with Crippen LogP contribution >= 0.6 is 0 Å². The first-order valence-electron chi connectivity index (χ1n) is 9.77. The Balaban J connectivity index is 1.54. The molecule has 8 nitrogen and oxygen atoms in total. The van der Waals surface area contributed by atoms with E-state index >= 15 is 0 Å². The lowest BCUT2D eigenvalue weighted by Gasteiger charge is -2.28. The molecule has 0 atom stereocenters. The van der Waals surface area contributed by atoms with Crippen LogP contribution in [-0.4, -0.2) is 57.2 Å². The van der Waals surface area contributed by atoms with Crippen molar-refractivity contribution in [1.82, 2.24) is 30.4 Å². The van der Waals surface area contributed by atoms with Crippen LogP contribution in [-0.2, 0) is 0 Å². The SMILES string of the molecule is Cc1c(C(=O)N2CCNCC2)nc(Nc2cc(C3CC3)[nH]n2)c2ccncc12. The van der Waals surface area contributed by atoms with Gasteiger partial charge in [-0.2, -0.15) is 5.10 Å². The van der Waals surface area contributed by atoms with Crippen LogP contribution in [0.2, 0.25) is 0 Å². The zero-order valence-corrected chi connectivity index (χ0v) is 15.8. The molecule has 1 saturated heterocycles. The summed E-state index contributed by atoms with van der Waals surface area (Å²) in [7, 11) is 0. The summed E-state index contributed by atoms with van der Waals surface area (Å²) in [6.45, 7) is 4.94. The number of aryl methyl sites for hydroxylation is 1. The lowest BCUT2D eigenvalue weighted by atomic mass is 10.1. The van der Waals surface area contributed by atoms with Crippen LogP contribution in [0, 0.1) is 6.92 Å². The fraction of sp³-hybridized carbons (Fsp3) is 0.400. The molecule has 3 N–H and O–H groups in total. The molecular weight excluding hydrogens is 354 g/mol. The summed E-state index contributed by atoms with van der Waals surface area (Å²) >= 11 is 0. The molecule has 1 aliphatic carbocycles. The van der Waals surface area contributed by atoms with E-state index in [1.54, 1.807) is 12.4 Å². The second kappa shape index (κ2) is 6.87. The third kappa shape index (κ3) is 3.09. The molecule has 0 unspecified atom stereocenters. The van der Waals surface area contributed by atoms with Gasteiger partial charge in [0, 0.05) is 67.0 Å². The topological polar surface area (TPSA) is 98.8 Å². The second-order valence-electron chi connectivity index (χ2n) is 7.51. The van der Waals surface area contributed by atoms with Crippen molar-refractivity contribution in [2.75, 3.05) is 31.5 Å². The Morgan fingerprint density at radius 3 is 2.86 bits per heavy atom. The average molecular weight is 377 g/mol. The molecule has 0 radical (unpaired) electrons. The number of carbonyl (C=O) groups is 1. The zero-order chi connectivity index (χ0) is 19.1. The summed E-state index contributed by atoms with van der Waals surface area (Å²) in [6.07, 6.45) is 5.96. The fourth-order valence-electron chi connectivity index (χ4n) is 3.73. The summed E-state index contributed by atoms with van der Waals surface area (Å²) in [5.41, 5.74) is 2.48. The number of hydrogen-bond donors (Lipinski definition) is 3. The minimum absolute atomic E-state index is 0.0338. The van der Waals surface area contributed by atoms with Crippen molar-refractivity contribution in [3.8, 4) is 0 Å². The van der Waals surface area contributed by atoms with Crippen molar-refractivity contribution in [2.45, 2.75) is 25.7 Å². The Morgan fingerprint density at radius 1 is 1.25 bits per heavy atom. The Bertz CT molecular complexity index is 1030. The zero-order valence-electron chi connectivity index (χ0n) is 15.8. The Labute approximate surface area is 162 Å². The van der Waals surface area contributed by atoms with Crippen molar-refractivity contribution in [3.05, 3.63) is 41.5 Å². The van der Waals surface area contributed by atoms with Gasteiger partial charge in [0.15, 0.2) is 5.82 Å². The van der Waals surface area contributed by atoms with Crippen molar-refractivity contribution in [3.63, 3.8) is 0 Å². The molecular formula is C20H23N7O. The lowest BCUT2D eigenvalue weighted by molar-refractivity contribution is 0.0729. The lowest BCUT2D eigenvalue weighted by Crippen LogP contribution is -2.46. The molecule has 3 aromatic rings. The highest BCUT2D eigenvalue weighted by Crippen LogP contribution is 2.40. The first kappa shape index (κ1) is 17.1. The summed E-state index contributed by atoms with van der Waals surface area (Å²) in [5.74, 6) is 1.92. The van der Waals surface area contributed by atoms with E-state index < -0.39 is 0 Å². The maximum atomic E-state index is 13.1. The summed E-state index contributed by atoms with van der Waals surface area (Å²) in [4.78, 5) is 24.0. The van der Waals surface area contributed by atoms with Crippen LogP contribution in [0.5, 0.6) is 0 Å². The number of nitrogens with one attached hydrogen (secondary N) is 3. The third-order valence-electron chi connectivity index (χ3n) is 5.53. The molecule has 5 rings (SSSR count). The van der Waals surface area contributed by atoms with Gasteiger partial charge in [-0.3, -0.25) is 14.9 Å². The van der Waals surface area contributed by atoms with Gasteiger partial charge in [0.2, 0.25) is 0 Å². The molecule has 2 aliphatic rings. The van der Waals surface area contributed by atoms with E-state index in [1.165, 1.54) is 12.8 Å². The average Bonchev–Trinajstić information content (AvgIpc) is 3.49. The molecule has 1 aliphatic heterocycles. The maximum absolute atomic E-state index is 13.1. The molecule has 3 aromatic heterocycles. The van der Waals surface area contributed by atoms with Gasteiger partial charge in [0.1, 0.15) is 11.5 Å². The molecule has 0 aromatic carbocycles. The van der Waals surface area contributed by atoms with E-state index in [0.717, 1.165) is 40.9 Å². The third-order valence-corrected chi connectivity index (χ3v) is 5.53. The van der Waals surface area contributed by atoms with E-state index in [4.69, 9.17) is 4.98 Å². The summed E-state index contributed by atoms with van der Waals surface area (Å²) in [6, 6.07) is 3.95. The van der Waals surface area contributed by atoms with Crippen LogP contribution in [0.4, 0.5) is 11.6 Å². The van der Waals surface area contributed by atoms with Gasteiger partial charge in [-0.05, 0) is 31.4 Å². The molecule has 0 spiro atoms. The maximum Gasteiger partial charge on any atom is 0.272 e. The molecule has 144 valence electrons. The molecule has 4 heterocycles. The smallest absolute Gasteiger partial charge is 0.272 e. The van der Waals surface area contributed by atoms with Crippen LogP contribution in [0.3, 0.4) is 0 Å². The van der Waals surface area contributed by atoms with Crippen molar-refractivity contribution >= 4 is 28.3 Å². The number of amides is 1. The summed E-state index contributed by atoms with van der Waals surface area (Å²) in [5, 5.41) is 15.9. The number of carbonyl (C=O) groups excluding carboxylic acids is 1. The quantitative estimate of drug-likeness (QED) is 0.645. The van der Waals surface area contributed by atoms with Crippen LogP contribution < -0.4 is 10.6 Å². The van der Waals surface area contributed by atoms with Crippen molar-refractivity contribution in [1.29, 1.82) is 0 Å². The fourth-order valence-corrected chi connectivity index (χ4v) is 3.73. The number of fused-ring (bicyclic) bond motifs is 1. The Hall–Kier alpha value is -3.00. The van der Waals surface area contributed by atoms with Gasteiger partial charge in [0.05, 0.1) is 0 Å². The van der Waals surface area contributed by atoms with Gasteiger partial charge >= 0.3 is 0 Å². The van der Waals surface area contributed by atoms with Crippen LogP contribution in [0.1, 0.15) is 40.5 Å². The normalized spacial score (nSPS) is 17.1. The minimum atomic E-state index is -0.0338. The largest absolute Gasteiger partial charge is 0.335 e. The number of rotatable bonds is 4. The molecule has 28 heavy (non-hydrogen) atoms. The number of piperazine rings is 1. The van der Waals surface area contributed by atoms with Gasteiger partial charge in [-0.1, -0.05) is 0 Å². The number of nitrogens with zero attached hydrogens (tertiary/aromatic N) is 4. The highest BCUT2D eigenvalue weighted by Gasteiger charge is 2.26. The predicted octanol–water partition coefficient (Wildman–Crippen LogP) is 2.33. The van der Waals surface area contributed by atoms with E-state index in [-0.39, 0.29) is 5.91 Å².